The van der Waals surface area contributed by atoms with E-state index in [0.29, 0.717) is 23.3 Å². The fourth-order valence-corrected chi connectivity index (χ4v) is 1.84. The molecule has 1 aromatic rings. The third-order valence-corrected chi connectivity index (χ3v) is 3.69. The first-order valence-corrected chi connectivity index (χ1v) is 6.97. The Kier molecular flexibility index (Phi) is 6.32. The number of halogens is 1. The molecule has 0 spiro atoms. The van der Waals surface area contributed by atoms with Gasteiger partial charge >= 0.3 is 0 Å². The van der Waals surface area contributed by atoms with Gasteiger partial charge in [0.15, 0.2) is 0 Å². The normalized spacial score (nSPS) is 14.2. The van der Waals surface area contributed by atoms with Crippen LogP contribution in [0.2, 0.25) is 5.02 Å². The van der Waals surface area contributed by atoms with Crippen molar-refractivity contribution in [1.82, 2.24) is 5.32 Å². The standard InChI is InChI=1S/C15H22ClNO2/c1-10(2)11(3)8-15(19)17-14(9-18)12-4-6-13(16)7-5-12/h4-7,10-11,14,18H,8-9H2,1-3H3,(H,17,19). The number of hydrogen-bond donors (Lipinski definition) is 2. The van der Waals surface area contributed by atoms with Crippen molar-refractivity contribution in [3.63, 3.8) is 0 Å². The number of amides is 1. The van der Waals surface area contributed by atoms with Gasteiger partial charge in [-0.1, -0.05) is 44.5 Å². The molecule has 0 bridgehead atoms. The molecule has 0 fully saturated rings. The van der Waals surface area contributed by atoms with Crippen LogP contribution in [-0.4, -0.2) is 17.6 Å². The minimum Gasteiger partial charge on any atom is -0.394 e. The van der Waals surface area contributed by atoms with Gasteiger partial charge < -0.3 is 10.4 Å². The van der Waals surface area contributed by atoms with Crippen molar-refractivity contribution in [3.05, 3.63) is 34.9 Å². The Hall–Kier alpha value is -1.06. The first-order valence-electron chi connectivity index (χ1n) is 6.59. The summed E-state index contributed by atoms with van der Waals surface area (Å²) in [7, 11) is 0. The van der Waals surface area contributed by atoms with Gasteiger partial charge in [-0.15, -0.1) is 0 Å². The topological polar surface area (TPSA) is 49.3 Å². The van der Waals surface area contributed by atoms with Crippen molar-refractivity contribution < 1.29 is 9.90 Å². The second-order valence-corrected chi connectivity index (χ2v) is 5.72. The van der Waals surface area contributed by atoms with Gasteiger partial charge in [-0.2, -0.15) is 0 Å². The number of aliphatic hydroxyl groups is 1. The number of rotatable bonds is 6. The number of aliphatic hydroxyl groups excluding tert-OH is 1. The second kappa shape index (κ2) is 7.51. The number of hydrogen-bond acceptors (Lipinski definition) is 2. The van der Waals surface area contributed by atoms with Crippen molar-refractivity contribution in [3.8, 4) is 0 Å². The molecule has 4 heteroatoms. The molecule has 1 rings (SSSR count). The van der Waals surface area contributed by atoms with Gasteiger partial charge in [0.05, 0.1) is 12.6 Å². The third kappa shape index (κ3) is 5.21. The second-order valence-electron chi connectivity index (χ2n) is 5.28. The summed E-state index contributed by atoms with van der Waals surface area (Å²) < 4.78 is 0. The molecule has 0 aromatic heterocycles. The Morgan fingerprint density at radius 3 is 2.32 bits per heavy atom. The van der Waals surface area contributed by atoms with Gasteiger partial charge in [-0.3, -0.25) is 4.79 Å². The number of carbonyl (C=O) groups is 1. The van der Waals surface area contributed by atoms with Crippen molar-refractivity contribution in [2.75, 3.05) is 6.61 Å². The molecule has 0 aliphatic carbocycles. The average molecular weight is 284 g/mol. The first kappa shape index (κ1) is 16.0. The summed E-state index contributed by atoms with van der Waals surface area (Å²) in [5.74, 6) is 0.758. The molecule has 2 atom stereocenters. The van der Waals surface area contributed by atoms with Gasteiger partial charge in [-0.05, 0) is 29.5 Å². The lowest BCUT2D eigenvalue weighted by atomic mass is 9.94. The van der Waals surface area contributed by atoms with E-state index in [9.17, 15) is 9.90 Å². The highest BCUT2D eigenvalue weighted by Gasteiger charge is 2.17. The molecule has 19 heavy (non-hydrogen) atoms. The third-order valence-electron chi connectivity index (χ3n) is 3.44. The first-order chi connectivity index (χ1) is 8.93. The molecule has 2 unspecified atom stereocenters. The zero-order valence-corrected chi connectivity index (χ0v) is 12.4. The molecule has 0 radical (unpaired) electrons. The number of nitrogens with one attached hydrogen (secondary N) is 1. The maximum atomic E-state index is 11.9. The highest BCUT2D eigenvalue weighted by atomic mass is 35.5. The predicted octanol–water partition coefficient (Wildman–Crippen LogP) is 3.17. The monoisotopic (exact) mass is 283 g/mol. The SMILES string of the molecule is CC(C)C(C)CC(=O)NC(CO)c1ccc(Cl)cc1. The van der Waals surface area contributed by atoms with E-state index >= 15 is 0 Å². The van der Waals surface area contributed by atoms with Crippen molar-refractivity contribution in [2.24, 2.45) is 11.8 Å². The molecule has 2 N–H and O–H groups in total. The lowest BCUT2D eigenvalue weighted by Crippen LogP contribution is -2.32. The van der Waals surface area contributed by atoms with Crippen LogP contribution in [0.15, 0.2) is 24.3 Å². The van der Waals surface area contributed by atoms with E-state index in [2.05, 4.69) is 26.1 Å². The molecule has 0 heterocycles. The molecule has 0 saturated carbocycles. The van der Waals surface area contributed by atoms with E-state index in [1.165, 1.54) is 0 Å². The fourth-order valence-electron chi connectivity index (χ4n) is 1.71. The molecule has 0 saturated heterocycles. The molecule has 1 amide bonds. The van der Waals surface area contributed by atoms with Gasteiger partial charge in [0.25, 0.3) is 0 Å². The van der Waals surface area contributed by atoms with E-state index in [-0.39, 0.29) is 18.6 Å². The van der Waals surface area contributed by atoms with Gasteiger partial charge in [-0.25, -0.2) is 0 Å². The summed E-state index contributed by atoms with van der Waals surface area (Å²) in [5, 5.41) is 12.9. The molecule has 106 valence electrons. The van der Waals surface area contributed by atoms with Crippen LogP contribution in [0.3, 0.4) is 0 Å². The van der Waals surface area contributed by atoms with Crippen LogP contribution in [0.5, 0.6) is 0 Å². The Balaban J connectivity index is 2.62. The molecule has 1 aromatic carbocycles. The largest absolute Gasteiger partial charge is 0.394 e. The maximum Gasteiger partial charge on any atom is 0.220 e. The molecular formula is C15H22ClNO2. The summed E-state index contributed by atoms with van der Waals surface area (Å²) >= 11 is 5.82. The molecule has 0 aliphatic rings. The van der Waals surface area contributed by atoms with Crippen LogP contribution in [0.1, 0.15) is 38.8 Å². The van der Waals surface area contributed by atoms with Crippen LogP contribution in [0, 0.1) is 11.8 Å². The smallest absolute Gasteiger partial charge is 0.220 e. The zero-order chi connectivity index (χ0) is 14.4. The summed E-state index contributed by atoms with van der Waals surface area (Å²) in [6.45, 7) is 6.13. The van der Waals surface area contributed by atoms with Gasteiger partial charge in [0.1, 0.15) is 0 Å². The minimum atomic E-state index is -0.371. The summed E-state index contributed by atoms with van der Waals surface area (Å²) in [6.07, 6.45) is 0.474. The van der Waals surface area contributed by atoms with Crippen LogP contribution in [0.25, 0.3) is 0 Å². The minimum absolute atomic E-state index is 0.0322. The van der Waals surface area contributed by atoms with Crippen LogP contribution >= 0.6 is 11.6 Å². The molecule has 0 aliphatic heterocycles. The van der Waals surface area contributed by atoms with Gasteiger partial charge in [0, 0.05) is 11.4 Å². The Morgan fingerprint density at radius 1 is 1.26 bits per heavy atom. The molecule has 3 nitrogen and oxygen atoms in total. The fraction of sp³-hybridized carbons (Fsp3) is 0.533. The van der Waals surface area contributed by atoms with E-state index in [0.717, 1.165) is 5.56 Å². The van der Waals surface area contributed by atoms with E-state index in [1.807, 2.05) is 12.1 Å². The van der Waals surface area contributed by atoms with Gasteiger partial charge in [0.2, 0.25) is 5.91 Å². The van der Waals surface area contributed by atoms with E-state index in [1.54, 1.807) is 12.1 Å². The van der Waals surface area contributed by atoms with Crippen LogP contribution < -0.4 is 5.32 Å². The van der Waals surface area contributed by atoms with E-state index < -0.39 is 0 Å². The lowest BCUT2D eigenvalue weighted by molar-refractivity contribution is -0.123. The lowest BCUT2D eigenvalue weighted by Gasteiger charge is -2.20. The van der Waals surface area contributed by atoms with E-state index in [4.69, 9.17) is 11.6 Å². The van der Waals surface area contributed by atoms with Crippen LogP contribution in [-0.2, 0) is 4.79 Å². The van der Waals surface area contributed by atoms with Crippen molar-refractivity contribution in [2.45, 2.75) is 33.2 Å². The quantitative estimate of drug-likeness (QED) is 0.842. The highest BCUT2D eigenvalue weighted by molar-refractivity contribution is 6.30. The predicted molar refractivity (Wildman–Crippen MR) is 78.0 cm³/mol. The average Bonchev–Trinajstić information content (AvgIpc) is 2.37. The Bertz CT molecular complexity index is 403. The molecular weight excluding hydrogens is 262 g/mol. The summed E-state index contributed by atoms with van der Waals surface area (Å²) in [5.41, 5.74) is 0.859. The Morgan fingerprint density at radius 2 is 1.84 bits per heavy atom. The van der Waals surface area contributed by atoms with Crippen molar-refractivity contribution >= 4 is 17.5 Å². The number of benzene rings is 1. The maximum absolute atomic E-state index is 11.9. The highest BCUT2D eigenvalue weighted by Crippen LogP contribution is 2.18. The number of carbonyl (C=O) groups excluding carboxylic acids is 1. The Labute approximate surface area is 120 Å². The zero-order valence-electron chi connectivity index (χ0n) is 11.7. The van der Waals surface area contributed by atoms with Crippen LogP contribution in [0.4, 0.5) is 0 Å². The summed E-state index contributed by atoms with van der Waals surface area (Å²) in [6, 6.07) is 6.76. The van der Waals surface area contributed by atoms with Crippen molar-refractivity contribution in [1.29, 1.82) is 0 Å². The summed E-state index contributed by atoms with van der Waals surface area (Å²) in [4.78, 5) is 11.9.